The van der Waals surface area contributed by atoms with Gasteiger partial charge >= 0.3 is 0 Å². The zero-order valence-electron chi connectivity index (χ0n) is 17.6. The topological polar surface area (TPSA) is 150 Å². The van der Waals surface area contributed by atoms with Gasteiger partial charge in [-0.05, 0) is 5.41 Å². The first-order chi connectivity index (χ1) is 15.2. The lowest BCUT2D eigenvalue weighted by molar-refractivity contribution is -0.893. The minimum atomic E-state index is -1.31. The van der Waals surface area contributed by atoms with Crippen LogP contribution in [0.3, 0.4) is 0 Å². The van der Waals surface area contributed by atoms with Crippen LogP contribution in [-0.2, 0) is 19.2 Å². The van der Waals surface area contributed by atoms with Crippen LogP contribution >= 0.6 is 23.1 Å². The molecule has 4 rings (SSSR count). The Morgan fingerprint density at radius 1 is 1.44 bits per heavy atom. The van der Waals surface area contributed by atoms with Crippen molar-refractivity contribution >= 4 is 51.7 Å². The van der Waals surface area contributed by atoms with E-state index in [2.05, 4.69) is 22.5 Å². The van der Waals surface area contributed by atoms with Crippen molar-refractivity contribution < 1.29 is 28.8 Å². The van der Waals surface area contributed by atoms with E-state index in [1.807, 2.05) is 0 Å². The number of likely N-dealkylation sites (tertiary alicyclic amines) is 1. The summed E-state index contributed by atoms with van der Waals surface area (Å²) in [6, 6.07) is -2.04. The second kappa shape index (κ2) is 8.71. The molecule has 11 nitrogen and oxygen atoms in total. The molecule has 13 heteroatoms. The van der Waals surface area contributed by atoms with Crippen LogP contribution < -0.4 is 16.2 Å². The van der Waals surface area contributed by atoms with Crippen LogP contribution in [0.15, 0.2) is 21.5 Å². The number of anilines is 1. The van der Waals surface area contributed by atoms with Crippen LogP contribution in [0.2, 0.25) is 0 Å². The van der Waals surface area contributed by atoms with Crippen molar-refractivity contribution in [2.45, 2.75) is 30.3 Å². The molecule has 0 saturated carbocycles. The molecule has 3 N–H and O–H groups in total. The number of nitrogens with zero attached hydrogens (tertiary/aromatic N) is 4. The first-order valence-corrected chi connectivity index (χ1v) is 11.9. The highest BCUT2D eigenvalue weighted by atomic mass is 32.2. The predicted molar refractivity (Wildman–Crippen MR) is 117 cm³/mol. The molecule has 3 aliphatic heterocycles. The summed E-state index contributed by atoms with van der Waals surface area (Å²) in [5.41, 5.74) is 6.40. The van der Waals surface area contributed by atoms with Gasteiger partial charge in [0.05, 0.1) is 26.1 Å². The number of hydrogen-bond acceptors (Lipinski definition) is 10. The number of amides is 2. The van der Waals surface area contributed by atoms with E-state index in [0.717, 1.165) is 41.8 Å². The molecule has 4 heterocycles. The molecule has 1 unspecified atom stereocenters. The van der Waals surface area contributed by atoms with Crippen LogP contribution in [0, 0.1) is 0 Å². The lowest BCUT2D eigenvalue weighted by Gasteiger charge is -2.53. The fourth-order valence-electron chi connectivity index (χ4n) is 4.43. The van der Waals surface area contributed by atoms with E-state index in [4.69, 9.17) is 10.6 Å². The van der Waals surface area contributed by atoms with Crippen LogP contribution in [0.25, 0.3) is 0 Å². The summed E-state index contributed by atoms with van der Waals surface area (Å²) < 4.78 is 0.747. The van der Waals surface area contributed by atoms with Gasteiger partial charge in [0, 0.05) is 23.8 Å². The second-order valence-electron chi connectivity index (χ2n) is 8.26. The van der Waals surface area contributed by atoms with Gasteiger partial charge in [-0.25, -0.2) is 4.98 Å². The number of carbonyl (C=O) groups is 3. The molecule has 2 fully saturated rings. The molecule has 0 aliphatic carbocycles. The van der Waals surface area contributed by atoms with E-state index < -0.39 is 35.2 Å². The number of likely N-dealkylation sites (N-methyl/N-ethyl adjacent to an activating group) is 1. The van der Waals surface area contributed by atoms with Crippen LogP contribution in [0.5, 0.6) is 0 Å². The zero-order valence-corrected chi connectivity index (χ0v) is 19.3. The first-order valence-electron chi connectivity index (χ1n) is 10.1. The van der Waals surface area contributed by atoms with E-state index in [-0.39, 0.29) is 16.5 Å². The van der Waals surface area contributed by atoms with Crippen molar-refractivity contribution in [2.24, 2.45) is 5.16 Å². The number of quaternary nitrogens is 1. The zero-order chi connectivity index (χ0) is 23.0. The van der Waals surface area contributed by atoms with Gasteiger partial charge in [-0.3, -0.25) is 9.59 Å². The largest absolute Gasteiger partial charge is 0.548 e. The van der Waals surface area contributed by atoms with Crippen molar-refractivity contribution in [2.75, 3.05) is 39.5 Å². The molecule has 0 aromatic carbocycles. The van der Waals surface area contributed by atoms with Crippen LogP contribution in [0.4, 0.5) is 5.13 Å². The number of nitrogens with one attached hydrogen (secondary N) is 1. The maximum Gasteiger partial charge on any atom is 0.276 e. The second-order valence-corrected chi connectivity index (χ2v) is 10.1. The molecular weight excluding hydrogens is 456 g/mol. The Morgan fingerprint density at radius 2 is 2.16 bits per heavy atom. The van der Waals surface area contributed by atoms with E-state index in [1.165, 1.54) is 23.8 Å². The number of thiazole rings is 1. The summed E-state index contributed by atoms with van der Waals surface area (Å²) in [7, 11) is 3.39. The summed E-state index contributed by atoms with van der Waals surface area (Å²) in [5.74, 6) is -2.45. The fourth-order valence-corrected chi connectivity index (χ4v) is 6.19. The minimum Gasteiger partial charge on any atom is -0.548 e. The van der Waals surface area contributed by atoms with Crippen molar-refractivity contribution in [3.63, 3.8) is 0 Å². The number of nitrogens with two attached hydrogens (primary N) is 1. The number of β-lactam (4-membered cyclic amide) rings is 1. The summed E-state index contributed by atoms with van der Waals surface area (Å²) >= 11 is 2.46. The quantitative estimate of drug-likeness (QED) is 0.212. The number of nitrogen functional groups attached to an aromatic ring is 1. The summed E-state index contributed by atoms with van der Waals surface area (Å²) in [4.78, 5) is 47.7. The Hall–Kier alpha value is -2.64. The maximum atomic E-state index is 12.9. The normalized spacial score (nSPS) is 26.8. The molecule has 2 saturated heterocycles. The Morgan fingerprint density at radius 3 is 2.75 bits per heavy atom. The average Bonchev–Trinajstić information content (AvgIpc) is 3.37. The van der Waals surface area contributed by atoms with Gasteiger partial charge in [0.2, 0.25) is 5.91 Å². The summed E-state index contributed by atoms with van der Waals surface area (Å²) in [5, 5.41) is 21.4. The highest BCUT2D eigenvalue weighted by Gasteiger charge is 2.55. The highest BCUT2D eigenvalue weighted by Crippen LogP contribution is 2.40. The summed E-state index contributed by atoms with van der Waals surface area (Å²) in [6.07, 6.45) is 2.20. The average molecular weight is 481 g/mol. The van der Waals surface area contributed by atoms with Gasteiger partial charge in [-0.1, -0.05) is 5.16 Å². The number of aliphatic carboxylic acids is 1. The van der Waals surface area contributed by atoms with Crippen molar-refractivity contribution in [1.29, 1.82) is 0 Å². The number of hydrogen-bond donors (Lipinski definition) is 2. The van der Waals surface area contributed by atoms with Gasteiger partial charge in [-0.2, -0.15) is 0 Å². The molecule has 0 bridgehead atoms. The third-order valence-electron chi connectivity index (χ3n) is 5.95. The number of oxime groups is 1. The monoisotopic (exact) mass is 480 g/mol. The molecule has 3 aliphatic rings. The molecule has 32 heavy (non-hydrogen) atoms. The molecule has 172 valence electrons. The SMILES string of the molecule is CO/N=C(\C(=O)N[C@@H]1C(=O)N2C(C(=O)[O-])C(C[N+]3(C)CCCC3)=CS[C@H]12)c1csc(N)n1. The lowest BCUT2D eigenvalue weighted by Crippen LogP contribution is -2.75. The molecule has 0 spiro atoms. The number of rotatable bonds is 7. The van der Waals surface area contributed by atoms with Gasteiger partial charge in [0.15, 0.2) is 10.8 Å². The van der Waals surface area contributed by atoms with Gasteiger partial charge in [-0.15, -0.1) is 23.1 Å². The van der Waals surface area contributed by atoms with Crippen molar-refractivity contribution in [1.82, 2.24) is 15.2 Å². The van der Waals surface area contributed by atoms with E-state index in [1.54, 1.807) is 10.8 Å². The van der Waals surface area contributed by atoms with Gasteiger partial charge in [0.25, 0.3) is 5.91 Å². The van der Waals surface area contributed by atoms with Crippen molar-refractivity contribution in [3.8, 4) is 0 Å². The number of thioether (sulfide) groups is 1. The first kappa shape index (κ1) is 22.6. The Balaban J connectivity index is 1.51. The van der Waals surface area contributed by atoms with Crippen LogP contribution in [0.1, 0.15) is 18.5 Å². The number of fused-ring (bicyclic) bond motifs is 1. The molecule has 3 atom stereocenters. The number of carboxylic acid groups (broad SMARTS) is 1. The number of aromatic nitrogens is 1. The standard InChI is InChI=1S/C19H24N6O5S2/c1-25(5-3-4-6-25)7-10-8-31-17-13(16(27)24(17)14(10)18(28)29)22-15(26)12(23-30-2)11-9-32-19(20)21-11/h8-9,13-14,17H,3-7H2,1-2H3,(H3-,20,21,22,26,28,29)/b23-12-/t13-,14?,17-/m1/s1. The minimum absolute atomic E-state index is 0.119. The van der Waals surface area contributed by atoms with Gasteiger partial charge < -0.3 is 35.2 Å². The van der Waals surface area contributed by atoms with E-state index in [9.17, 15) is 19.5 Å². The highest BCUT2D eigenvalue weighted by molar-refractivity contribution is 8.03. The maximum absolute atomic E-state index is 12.9. The van der Waals surface area contributed by atoms with E-state index in [0.29, 0.717) is 12.1 Å². The smallest absolute Gasteiger partial charge is 0.276 e. The Bertz CT molecular complexity index is 1000. The number of carbonyl (C=O) groups excluding carboxylic acids is 3. The lowest BCUT2D eigenvalue weighted by atomic mass is 9.97. The molecule has 0 radical (unpaired) electrons. The number of carboxylic acids is 1. The summed E-state index contributed by atoms with van der Waals surface area (Å²) in [6.45, 7) is 2.50. The third kappa shape index (κ3) is 4.07. The predicted octanol–water partition coefficient (Wildman–Crippen LogP) is -1.28. The molecule has 1 aromatic heterocycles. The molecule has 1 aromatic rings. The van der Waals surface area contributed by atoms with Gasteiger partial charge in [0.1, 0.15) is 36.8 Å². The van der Waals surface area contributed by atoms with Crippen molar-refractivity contribution in [3.05, 3.63) is 22.1 Å². The Kier molecular flexibility index (Phi) is 6.14. The Labute approximate surface area is 192 Å². The van der Waals surface area contributed by atoms with Crippen LogP contribution in [-0.4, -0.2) is 89.1 Å². The van der Waals surface area contributed by atoms with E-state index >= 15 is 0 Å². The third-order valence-corrected chi connectivity index (χ3v) is 7.84. The fraction of sp³-hybridized carbons (Fsp3) is 0.526. The molecular formula is C19H24N6O5S2. The molecule has 2 amide bonds.